The van der Waals surface area contributed by atoms with Crippen LogP contribution in [-0.2, 0) is 16.1 Å². The van der Waals surface area contributed by atoms with E-state index in [1.165, 1.54) is 0 Å². The molecule has 0 aliphatic rings. The van der Waals surface area contributed by atoms with E-state index < -0.39 is 6.10 Å². The van der Waals surface area contributed by atoms with Gasteiger partial charge in [-0.05, 0) is 25.8 Å². The third-order valence-corrected chi connectivity index (χ3v) is 2.33. The van der Waals surface area contributed by atoms with Gasteiger partial charge in [-0.15, -0.1) is 0 Å². The van der Waals surface area contributed by atoms with Crippen molar-refractivity contribution in [2.24, 2.45) is 0 Å². The summed E-state index contributed by atoms with van der Waals surface area (Å²) in [6.07, 6.45) is 0.336. The van der Waals surface area contributed by atoms with Gasteiger partial charge < -0.3 is 14.6 Å². The van der Waals surface area contributed by atoms with Crippen molar-refractivity contribution in [3.63, 3.8) is 0 Å². The summed E-state index contributed by atoms with van der Waals surface area (Å²) < 4.78 is 10.8. The molecule has 1 atom stereocenters. The lowest BCUT2D eigenvalue weighted by atomic mass is 10.2. The quantitative estimate of drug-likeness (QED) is 0.707. The molecule has 1 aromatic rings. The van der Waals surface area contributed by atoms with Crippen LogP contribution < -0.4 is 0 Å². The van der Waals surface area contributed by atoms with Crippen LogP contribution >= 0.6 is 0 Å². The number of rotatable bonds is 8. The third kappa shape index (κ3) is 7.10. The molecule has 3 nitrogen and oxygen atoms in total. The summed E-state index contributed by atoms with van der Waals surface area (Å²) in [5.74, 6) is 0. The zero-order valence-electron chi connectivity index (χ0n) is 10.6. The fourth-order valence-electron chi connectivity index (χ4n) is 1.37. The van der Waals surface area contributed by atoms with E-state index in [1.54, 1.807) is 0 Å². The maximum atomic E-state index is 9.59. The summed E-state index contributed by atoms with van der Waals surface area (Å²) in [7, 11) is 0. The molecule has 0 aromatic heterocycles. The molecule has 96 valence electrons. The van der Waals surface area contributed by atoms with Gasteiger partial charge in [0.25, 0.3) is 0 Å². The molecule has 0 saturated heterocycles. The zero-order valence-corrected chi connectivity index (χ0v) is 10.6. The second-order valence-electron chi connectivity index (χ2n) is 4.36. The molecule has 0 aliphatic heterocycles. The van der Waals surface area contributed by atoms with E-state index in [4.69, 9.17) is 9.47 Å². The Morgan fingerprint density at radius 1 is 1.18 bits per heavy atom. The Labute approximate surface area is 103 Å². The van der Waals surface area contributed by atoms with Crippen molar-refractivity contribution in [3.8, 4) is 0 Å². The van der Waals surface area contributed by atoms with Crippen LogP contribution in [0.2, 0.25) is 0 Å². The smallest absolute Gasteiger partial charge is 0.0795 e. The van der Waals surface area contributed by atoms with Gasteiger partial charge in [0.15, 0.2) is 0 Å². The van der Waals surface area contributed by atoms with Crippen LogP contribution in [0, 0.1) is 0 Å². The van der Waals surface area contributed by atoms with Gasteiger partial charge in [0.2, 0.25) is 0 Å². The molecule has 3 heteroatoms. The number of hydrogen-bond acceptors (Lipinski definition) is 3. The first-order chi connectivity index (χ1) is 8.18. The number of aliphatic hydroxyl groups is 1. The SMILES string of the molecule is CC(C)OCC(O)CCOCc1ccccc1. The minimum absolute atomic E-state index is 0.162. The Balaban J connectivity index is 2.04. The number of benzene rings is 1. The molecule has 1 rings (SSSR count). The first-order valence-electron chi connectivity index (χ1n) is 6.10. The molecule has 0 radical (unpaired) electrons. The molecule has 0 heterocycles. The van der Waals surface area contributed by atoms with Crippen LogP contribution in [0.3, 0.4) is 0 Å². The molecule has 0 aliphatic carbocycles. The van der Waals surface area contributed by atoms with E-state index in [9.17, 15) is 5.11 Å². The summed E-state index contributed by atoms with van der Waals surface area (Å²) in [4.78, 5) is 0. The normalized spacial score (nSPS) is 12.9. The molecule has 1 aromatic carbocycles. The van der Waals surface area contributed by atoms with Gasteiger partial charge in [-0.2, -0.15) is 0 Å². The Kier molecular flexibility index (Phi) is 6.86. The highest BCUT2D eigenvalue weighted by molar-refractivity contribution is 5.13. The lowest BCUT2D eigenvalue weighted by molar-refractivity contribution is -0.0112. The van der Waals surface area contributed by atoms with Crippen LogP contribution in [0.15, 0.2) is 30.3 Å². The molecular formula is C14H22O3. The lowest BCUT2D eigenvalue weighted by Gasteiger charge is -2.13. The summed E-state index contributed by atoms with van der Waals surface area (Å²) in [5, 5.41) is 9.59. The van der Waals surface area contributed by atoms with E-state index in [-0.39, 0.29) is 6.10 Å². The first kappa shape index (κ1) is 14.2. The summed E-state index contributed by atoms with van der Waals surface area (Å²) in [5.41, 5.74) is 1.15. The Morgan fingerprint density at radius 2 is 1.88 bits per heavy atom. The zero-order chi connectivity index (χ0) is 12.5. The molecule has 0 fully saturated rings. The minimum Gasteiger partial charge on any atom is -0.391 e. The molecule has 1 unspecified atom stereocenters. The van der Waals surface area contributed by atoms with Gasteiger partial charge in [0, 0.05) is 6.61 Å². The molecular weight excluding hydrogens is 216 g/mol. The van der Waals surface area contributed by atoms with Gasteiger partial charge in [-0.25, -0.2) is 0 Å². The van der Waals surface area contributed by atoms with Crippen molar-refractivity contribution in [3.05, 3.63) is 35.9 Å². The van der Waals surface area contributed by atoms with Crippen molar-refractivity contribution < 1.29 is 14.6 Å². The summed E-state index contributed by atoms with van der Waals surface area (Å²) in [6, 6.07) is 10.0. The van der Waals surface area contributed by atoms with Crippen molar-refractivity contribution in [2.75, 3.05) is 13.2 Å². The topological polar surface area (TPSA) is 38.7 Å². The minimum atomic E-state index is -0.437. The fraction of sp³-hybridized carbons (Fsp3) is 0.571. The first-order valence-corrected chi connectivity index (χ1v) is 6.10. The predicted octanol–water partition coefficient (Wildman–Crippen LogP) is 2.38. The van der Waals surface area contributed by atoms with E-state index in [2.05, 4.69) is 0 Å². The second kappa shape index (κ2) is 8.23. The van der Waals surface area contributed by atoms with E-state index >= 15 is 0 Å². The molecule has 0 bridgehead atoms. The summed E-state index contributed by atoms with van der Waals surface area (Å²) in [6.45, 7) is 5.44. The molecule has 1 N–H and O–H groups in total. The van der Waals surface area contributed by atoms with Crippen LogP contribution in [-0.4, -0.2) is 30.5 Å². The van der Waals surface area contributed by atoms with Gasteiger partial charge in [0.1, 0.15) is 0 Å². The molecule has 0 amide bonds. The van der Waals surface area contributed by atoms with Gasteiger partial charge in [0.05, 0.1) is 25.4 Å². The van der Waals surface area contributed by atoms with Crippen LogP contribution in [0.1, 0.15) is 25.8 Å². The van der Waals surface area contributed by atoms with Crippen molar-refractivity contribution in [2.45, 2.75) is 39.1 Å². The monoisotopic (exact) mass is 238 g/mol. The Hall–Kier alpha value is -0.900. The van der Waals surface area contributed by atoms with Gasteiger partial charge >= 0.3 is 0 Å². The number of aliphatic hydroxyl groups excluding tert-OH is 1. The highest BCUT2D eigenvalue weighted by Gasteiger charge is 2.05. The average molecular weight is 238 g/mol. The standard InChI is InChI=1S/C14H22O3/c1-12(2)17-11-14(15)8-9-16-10-13-6-4-3-5-7-13/h3-7,12,14-15H,8-11H2,1-2H3. The highest BCUT2D eigenvalue weighted by Crippen LogP contribution is 2.02. The fourth-order valence-corrected chi connectivity index (χ4v) is 1.37. The van der Waals surface area contributed by atoms with Crippen LogP contribution in [0.5, 0.6) is 0 Å². The average Bonchev–Trinajstić information content (AvgIpc) is 2.33. The van der Waals surface area contributed by atoms with Gasteiger partial charge in [-0.3, -0.25) is 0 Å². The maximum Gasteiger partial charge on any atom is 0.0795 e. The van der Waals surface area contributed by atoms with Crippen molar-refractivity contribution in [1.82, 2.24) is 0 Å². The predicted molar refractivity (Wildman–Crippen MR) is 67.8 cm³/mol. The third-order valence-electron chi connectivity index (χ3n) is 2.33. The van der Waals surface area contributed by atoms with Crippen LogP contribution in [0.25, 0.3) is 0 Å². The number of hydrogen-bond donors (Lipinski definition) is 1. The lowest BCUT2D eigenvalue weighted by Crippen LogP contribution is -2.20. The maximum absolute atomic E-state index is 9.59. The summed E-state index contributed by atoms with van der Waals surface area (Å²) >= 11 is 0. The van der Waals surface area contributed by atoms with Crippen molar-refractivity contribution in [1.29, 1.82) is 0 Å². The molecule has 0 saturated carbocycles. The van der Waals surface area contributed by atoms with Gasteiger partial charge in [-0.1, -0.05) is 30.3 Å². The van der Waals surface area contributed by atoms with Crippen molar-refractivity contribution >= 4 is 0 Å². The largest absolute Gasteiger partial charge is 0.391 e. The number of ether oxygens (including phenoxy) is 2. The highest BCUT2D eigenvalue weighted by atomic mass is 16.5. The van der Waals surface area contributed by atoms with E-state index in [0.717, 1.165) is 5.56 Å². The Morgan fingerprint density at radius 3 is 2.53 bits per heavy atom. The Bertz CT molecular complexity index is 285. The van der Waals surface area contributed by atoms with E-state index in [0.29, 0.717) is 26.2 Å². The molecule has 0 spiro atoms. The van der Waals surface area contributed by atoms with E-state index in [1.807, 2.05) is 44.2 Å². The van der Waals surface area contributed by atoms with Crippen LogP contribution in [0.4, 0.5) is 0 Å². The second-order valence-corrected chi connectivity index (χ2v) is 4.36. The molecule has 17 heavy (non-hydrogen) atoms.